The molecule has 2 aromatic carbocycles. The molecule has 0 radical (unpaired) electrons. The zero-order valence-electron chi connectivity index (χ0n) is 19.5. The van der Waals surface area contributed by atoms with Crippen molar-refractivity contribution < 1.29 is 18.8 Å². The molecule has 0 atom stereocenters. The first-order valence-corrected chi connectivity index (χ1v) is 12.2. The molecule has 0 spiro atoms. The number of likely N-dealkylation sites (tertiary alicyclic amines) is 1. The highest BCUT2D eigenvalue weighted by molar-refractivity contribution is 6.36. The van der Waals surface area contributed by atoms with Crippen LogP contribution in [0.1, 0.15) is 41.6 Å². The van der Waals surface area contributed by atoms with Crippen LogP contribution in [-0.4, -0.2) is 46.6 Å². The Morgan fingerprint density at radius 2 is 1.97 bits per heavy atom. The number of carbonyl (C=O) groups is 2. The second kappa shape index (κ2) is 11.2. The number of hydrogen-bond acceptors (Lipinski definition) is 7. The fourth-order valence-corrected chi connectivity index (χ4v) is 4.57. The fourth-order valence-electron chi connectivity index (χ4n) is 4.08. The van der Waals surface area contributed by atoms with Gasteiger partial charge in [-0.2, -0.15) is 4.98 Å². The van der Waals surface area contributed by atoms with Crippen molar-refractivity contribution in [3.8, 4) is 11.4 Å². The van der Waals surface area contributed by atoms with Crippen LogP contribution in [-0.2, 0) is 16.1 Å². The predicted molar refractivity (Wildman–Crippen MR) is 134 cm³/mol. The third kappa shape index (κ3) is 6.01. The number of ether oxygens (including phenoxy) is 1. The van der Waals surface area contributed by atoms with Gasteiger partial charge in [0.05, 0.1) is 23.7 Å². The lowest BCUT2D eigenvalue weighted by atomic mass is 9.95. The predicted octanol–water partition coefficient (Wildman–Crippen LogP) is 5.38. The molecule has 0 unspecified atom stereocenters. The van der Waals surface area contributed by atoms with Crippen molar-refractivity contribution in [1.82, 2.24) is 15.0 Å². The molecule has 1 aliphatic heterocycles. The number of benzene rings is 2. The van der Waals surface area contributed by atoms with Crippen LogP contribution in [0.4, 0.5) is 5.69 Å². The topological polar surface area (TPSA) is 97.6 Å². The lowest BCUT2D eigenvalue weighted by Gasteiger charge is -2.30. The van der Waals surface area contributed by atoms with Crippen LogP contribution in [0.5, 0.6) is 0 Å². The maximum absolute atomic E-state index is 12.9. The number of piperidine rings is 1. The van der Waals surface area contributed by atoms with Gasteiger partial charge in [-0.05, 0) is 75.7 Å². The van der Waals surface area contributed by atoms with Gasteiger partial charge < -0.3 is 14.6 Å². The third-order valence-corrected chi connectivity index (χ3v) is 6.59. The molecule has 1 aromatic heterocycles. The van der Waals surface area contributed by atoms with Crippen molar-refractivity contribution in [2.24, 2.45) is 5.92 Å². The molecule has 0 bridgehead atoms. The van der Waals surface area contributed by atoms with Crippen molar-refractivity contribution in [3.05, 3.63) is 63.5 Å². The van der Waals surface area contributed by atoms with E-state index >= 15 is 0 Å². The number of halogens is 2. The van der Waals surface area contributed by atoms with E-state index in [9.17, 15) is 9.59 Å². The Hall–Kier alpha value is -2.94. The molecular formula is C25H26Cl2N4O4. The summed E-state index contributed by atoms with van der Waals surface area (Å²) in [5.41, 5.74) is 2.44. The number of esters is 1. The number of hydrogen-bond donors (Lipinski definition) is 1. The van der Waals surface area contributed by atoms with Crippen LogP contribution in [0.3, 0.4) is 0 Å². The van der Waals surface area contributed by atoms with Gasteiger partial charge in [-0.3, -0.25) is 9.69 Å². The standard InChI is InChI=1S/C25H26Cl2N4O4/c1-3-34-25(33)18-5-4-6-21(15(18)2)28-24(32)16-9-11-31(12-10-16)14-22-29-23(30-35-22)19-8-7-17(26)13-20(19)27/h4-8,13,16H,3,9-12,14H2,1-2H3,(H,28,32). The minimum absolute atomic E-state index is 0.0498. The van der Waals surface area contributed by atoms with Crippen molar-refractivity contribution in [2.75, 3.05) is 25.0 Å². The van der Waals surface area contributed by atoms with Crippen LogP contribution in [0, 0.1) is 12.8 Å². The second-order valence-electron chi connectivity index (χ2n) is 8.37. The van der Waals surface area contributed by atoms with Gasteiger partial charge >= 0.3 is 5.97 Å². The average molecular weight is 517 g/mol. The largest absolute Gasteiger partial charge is 0.462 e. The summed E-state index contributed by atoms with van der Waals surface area (Å²) in [6.45, 7) is 5.80. The minimum Gasteiger partial charge on any atom is -0.462 e. The summed E-state index contributed by atoms with van der Waals surface area (Å²) >= 11 is 12.2. The van der Waals surface area contributed by atoms with Gasteiger partial charge in [-0.15, -0.1) is 0 Å². The summed E-state index contributed by atoms with van der Waals surface area (Å²) in [5.74, 6) is 0.336. The number of rotatable bonds is 7. The Kier molecular flexibility index (Phi) is 8.05. The average Bonchev–Trinajstić information content (AvgIpc) is 3.29. The summed E-state index contributed by atoms with van der Waals surface area (Å²) in [5, 5.41) is 8.02. The van der Waals surface area contributed by atoms with E-state index < -0.39 is 5.97 Å². The molecule has 1 amide bonds. The summed E-state index contributed by atoms with van der Waals surface area (Å²) in [6, 6.07) is 10.4. The summed E-state index contributed by atoms with van der Waals surface area (Å²) in [6.07, 6.45) is 1.40. The first kappa shape index (κ1) is 25.2. The van der Waals surface area contributed by atoms with Gasteiger partial charge in [-0.25, -0.2) is 4.79 Å². The van der Waals surface area contributed by atoms with E-state index in [1.165, 1.54) is 0 Å². The molecule has 184 valence electrons. The van der Waals surface area contributed by atoms with Crippen molar-refractivity contribution in [2.45, 2.75) is 33.2 Å². The van der Waals surface area contributed by atoms with E-state index in [2.05, 4.69) is 20.4 Å². The Labute approximate surface area is 213 Å². The summed E-state index contributed by atoms with van der Waals surface area (Å²) in [7, 11) is 0. The lowest BCUT2D eigenvalue weighted by molar-refractivity contribution is -0.121. The Morgan fingerprint density at radius 1 is 1.20 bits per heavy atom. The lowest BCUT2D eigenvalue weighted by Crippen LogP contribution is -2.38. The smallest absolute Gasteiger partial charge is 0.338 e. The van der Waals surface area contributed by atoms with Gasteiger partial charge in [0.25, 0.3) is 0 Å². The van der Waals surface area contributed by atoms with Crippen LogP contribution in [0.25, 0.3) is 11.4 Å². The zero-order valence-corrected chi connectivity index (χ0v) is 21.0. The number of anilines is 1. The van der Waals surface area contributed by atoms with Gasteiger partial charge in [0.1, 0.15) is 0 Å². The number of carbonyl (C=O) groups excluding carboxylic acids is 2. The Morgan fingerprint density at radius 3 is 2.69 bits per heavy atom. The van der Waals surface area contributed by atoms with Crippen molar-refractivity contribution in [1.29, 1.82) is 0 Å². The molecular weight excluding hydrogens is 491 g/mol. The van der Waals surface area contributed by atoms with E-state index in [0.29, 0.717) is 70.1 Å². The first-order valence-electron chi connectivity index (χ1n) is 11.4. The normalized spacial score (nSPS) is 14.6. The molecule has 8 nitrogen and oxygen atoms in total. The highest BCUT2D eigenvalue weighted by Crippen LogP contribution is 2.29. The number of aromatic nitrogens is 2. The van der Waals surface area contributed by atoms with E-state index in [-0.39, 0.29) is 11.8 Å². The molecule has 2 heterocycles. The third-order valence-electron chi connectivity index (χ3n) is 6.04. The maximum Gasteiger partial charge on any atom is 0.338 e. The van der Waals surface area contributed by atoms with Crippen molar-refractivity contribution in [3.63, 3.8) is 0 Å². The van der Waals surface area contributed by atoms with E-state index in [4.69, 9.17) is 32.5 Å². The second-order valence-corrected chi connectivity index (χ2v) is 9.22. The molecule has 4 rings (SSSR count). The van der Waals surface area contributed by atoms with Crippen molar-refractivity contribution >= 4 is 40.8 Å². The summed E-state index contributed by atoms with van der Waals surface area (Å²) < 4.78 is 10.5. The Balaban J connectivity index is 1.32. The molecule has 1 N–H and O–H groups in total. The zero-order chi connectivity index (χ0) is 24.9. The van der Waals surface area contributed by atoms with E-state index in [0.717, 1.165) is 13.1 Å². The molecule has 35 heavy (non-hydrogen) atoms. The molecule has 0 saturated carbocycles. The molecule has 1 saturated heterocycles. The molecule has 1 aliphatic rings. The number of nitrogens with zero attached hydrogens (tertiary/aromatic N) is 3. The van der Waals surface area contributed by atoms with Crippen LogP contribution in [0.2, 0.25) is 10.0 Å². The van der Waals surface area contributed by atoms with Crippen LogP contribution < -0.4 is 5.32 Å². The number of nitrogens with one attached hydrogen (secondary N) is 1. The van der Waals surface area contributed by atoms with Crippen LogP contribution >= 0.6 is 23.2 Å². The van der Waals surface area contributed by atoms with Gasteiger partial charge in [0.15, 0.2) is 0 Å². The quantitative estimate of drug-likeness (QED) is 0.421. The van der Waals surface area contributed by atoms with Crippen LogP contribution in [0.15, 0.2) is 40.9 Å². The van der Waals surface area contributed by atoms with E-state index in [1.807, 2.05) is 0 Å². The van der Waals surface area contributed by atoms with Gasteiger partial charge in [-0.1, -0.05) is 34.4 Å². The minimum atomic E-state index is -0.392. The molecule has 10 heteroatoms. The first-order chi connectivity index (χ1) is 16.9. The highest BCUT2D eigenvalue weighted by atomic mass is 35.5. The van der Waals surface area contributed by atoms with E-state index in [1.54, 1.807) is 50.2 Å². The van der Waals surface area contributed by atoms with Gasteiger partial charge in [0, 0.05) is 22.2 Å². The maximum atomic E-state index is 12.9. The fraction of sp³-hybridized carbons (Fsp3) is 0.360. The SMILES string of the molecule is CCOC(=O)c1cccc(NC(=O)C2CCN(Cc3nc(-c4ccc(Cl)cc4Cl)no3)CC2)c1C. The number of amides is 1. The monoisotopic (exact) mass is 516 g/mol. The van der Waals surface area contributed by atoms with Gasteiger partial charge in [0.2, 0.25) is 17.6 Å². The molecule has 3 aromatic rings. The highest BCUT2D eigenvalue weighted by Gasteiger charge is 2.27. The molecule has 0 aliphatic carbocycles. The summed E-state index contributed by atoms with van der Waals surface area (Å²) in [4.78, 5) is 31.7. The Bertz CT molecular complexity index is 1220. The molecule has 1 fully saturated rings.